The molecule has 96 valence electrons. The first kappa shape index (κ1) is 12.3. The van der Waals surface area contributed by atoms with Crippen LogP contribution in [0, 0.1) is 10.1 Å². The lowest BCUT2D eigenvalue weighted by Crippen LogP contribution is -2.29. The summed E-state index contributed by atoms with van der Waals surface area (Å²) in [6, 6.07) is 6.38. The van der Waals surface area contributed by atoms with Crippen LogP contribution in [0.3, 0.4) is 0 Å². The third-order valence-corrected chi connectivity index (χ3v) is 2.78. The number of hydrogen-bond donors (Lipinski definition) is 2. The number of nitrogens with zero attached hydrogens (tertiary/aromatic N) is 2. The van der Waals surface area contributed by atoms with Gasteiger partial charge in [0.05, 0.1) is 10.6 Å². The minimum atomic E-state index is -0.408. The van der Waals surface area contributed by atoms with E-state index in [2.05, 4.69) is 15.8 Å². The number of nitro groups is 1. The van der Waals surface area contributed by atoms with Crippen molar-refractivity contribution in [3.63, 3.8) is 0 Å². The smallest absolute Gasteiger partial charge is 0.271 e. The Balaban J connectivity index is 1.95. The van der Waals surface area contributed by atoms with Gasteiger partial charge in [0.15, 0.2) is 0 Å². The minimum absolute atomic E-state index is 0.0737. The highest BCUT2D eigenvalue weighted by molar-refractivity contribution is 5.83. The zero-order valence-corrected chi connectivity index (χ0v) is 10.1. The highest BCUT2D eigenvalue weighted by atomic mass is 16.6. The highest BCUT2D eigenvalue weighted by Gasteiger charge is 2.06. The number of nitrogens with one attached hydrogen (secondary N) is 2. The first-order chi connectivity index (χ1) is 8.75. The third-order valence-electron chi connectivity index (χ3n) is 2.78. The molecule has 0 amide bonds. The molecule has 0 aliphatic carbocycles. The maximum absolute atomic E-state index is 10.6. The molecule has 2 N–H and O–H groups in total. The van der Waals surface area contributed by atoms with Crippen LogP contribution in [-0.2, 0) is 0 Å². The molecule has 0 fully saturated rings. The molecule has 0 atom stereocenters. The summed E-state index contributed by atoms with van der Waals surface area (Å²) in [6.07, 6.45) is 4.37. The topological polar surface area (TPSA) is 79.6 Å². The number of aliphatic imine (C=N–C) groups is 1. The van der Waals surface area contributed by atoms with E-state index < -0.39 is 4.92 Å². The largest absolute Gasteiger partial charge is 0.300 e. The quantitative estimate of drug-likeness (QED) is 0.636. The van der Waals surface area contributed by atoms with Gasteiger partial charge in [-0.05, 0) is 18.9 Å². The Morgan fingerprint density at radius 3 is 2.94 bits per heavy atom. The summed E-state index contributed by atoms with van der Waals surface area (Å²) in [4.78, 5) is 14.6. The lowest BCUT2D eigenvalue weighted by molar-refractivity contribution is -0.384. The monoisotopic (exact) mass is 248 g/mol. The van der Waals surface area contributed by atoms with Crippen LogP contribution in [0.2, 0.25) is 0 Å². The molecule has 1 aliphatic rings. The zero-order valence-electron chi connectivity index (χ0n) is 10.1. The molecule has 0 saturated carbocycles. The standard InChI is InChI=1S/C12H16N4O2/c17-16(18)11-6-4-5-10(9-11)14-15-12-7-2-1-3-8-13-12/h4-6,9,14H,1-3,7-8H2,(H,13,15). The van der Waals surface area contributed by atoms with Crippen LogP contribution < -0.4 is 10.9 Å². The molecule has 1 aliphatic heterocycles. The van der Waals surface area contributed by atoms with Crippen LogP contribution in [-0.4, -0.2) is 17.3 Å². The summed E-state index contributed by atoms with van der Waals surface area (Å²) in [5, 5.41) is 10.6. The van der Waals surface area contributed by atoms with E-state index in [4.69, 9.17) is 0 Å². The van der Waals surface area contributed by atoms with Gasteiger partial charge in [0.1, 0.15) is 5.84 Å². The number of anilines is 1. The van der Waals surface area contributed by atoms with E-state index in [0.717, 1.165) is 31.6 Å². The zero-order chi connectivity index (χ0) is 12.8. The molecule has 1 aromatic carbocycles. The van der Waals surface area contributed by atoms with E-state index in [1.54, 1.807) is 12.1 Å². The Kier molecular flexibility index (Phi) is 4.11. The number of nitro benzene ring substituents is 1. The normalized spacial score (nSPS) is 15.4. The van der Waals surface area contributed by atoms with Crippen LogP contribution in [0.1, 0.15) is 25.7 Å². The van der Waals surface area contributed by atoms with Gasteiger partial charge < -0.3 is 0 Å². The van der Waals surface area contributed by atoms with Crippen LogP contribution in [0.4, 0.5) is 11.4 Å². The van der Waals surface area contributed by atoms with Gasteiger partial charge in [0.25, 0.3) is 5.69 Å². The molecule has 2 rings (SSSR count). The second kappa shape index (κ2) is 6.00. The summed E-state index contributed by atoms with van der Waals surface area (Å²) in [5.41, 5.74) is 6.71. The predicted molar refractivity (Wildman–Crippen MR) is 70.6 cm³/mol. The minimum Gasteiger partial charge on any atom is -0.300 e. The van der Waals surface area contributed by atoms with Gasteiger partial charge in [-0.1, -0.05) is 12.5 Å². The first-order valence-electron chi connectivity index (χ1n) is 6.05. The molecular formula is C12H16N4O2. The first-order valence-corrected chi connectivity index (χ1v) is 6.05. The van der Waals surface area contributed by atoms with Crippen LogP contribution in [0.5, 0.6) is 0 Å². The van der Waals surface area contributed by atoms with Gasteiger partial charge >= 0.3 is 0 Å². The molecule has 0 spiro atoms. The van der Waals surface area contributed by atoms with Crippen LogP contribution >= 0.6 is 0 Å². The average Bonchev–Trinajstić information content (AvgIpc) is 2.65. The van der Waals surface area contributed by atoms with Crippen molar-refractivity contribution in [3.05, 3.63) is 34.4 Å². The molecule has 1 aromatic rings. The van der Waals surface area contributed by atoms with Crippen molar-refractivity contribution >= 4 is 17.2 Å². The number of benzene rings is 1. The predicted octanol–water partition coefficient (Wildman–Crippen LogP) is 2.48. The van der Waals surface area contributed by atoms with Gasteiger partial charge in [-0.15, -0.1) is 0 Å². The summed E-state index contributed by atoms with van der Waals surface area (Å²) >= 11 is 0. The average molecular weight is 248 g/mol. The molecule has 0 aromatic heterocycles. The van der Waals surface area contributed by atoms with E-state index in [9.17, 15) is 10.1 Å². The second-order valence-corrected chi connectivity index (χ2v) is 4.20. The van der Waals surface area contributed by atoms with Crippen LogP contribution in [0.25, 0.3) is 0 Å². The highest BCUT2D eigenvalue weighted by Crippen LogP contribution is 2.16. The van der Waals surface area contributed by atoms with E-state index >= 15 is 0 Å². The molecule has 0 bridgehead atoms. The number of amidine groups is 1. The second-order valence-electron chi connectivity index (χ2n) is 4.20. The maximum Gasteiger partial charge on any atom is 0.271 e. The van der Waals surface area contributed by atoms with Crippen LogP contribution in [0.15, 0.2) is 29.3 Å². The molecule has 0 radical (unpaired) electrons. The number of hydrazine groups is 1. The maximum atomic E-state index is 10.6. The lowest BCUT2D eigenvalue weighted by atomic mass is 10.2. The van der Waals surface area contributed by atoms with Gasteiger partial charge in [0.2, 0.25) is 0 Å². The molecule has 6 heteroatoms. The van der Waals surface area contributed by atoms with Gasteiger partial charge in [-0.2, -0.15) is 0 Å². The summed E-state index contributed by atoms with van der Waals surface area (Å²) in [5.74, 6) is 0.916. The van der Waals surface area contributed by atoms with Gasteiger partial charge in [-0.25, -0.2) is 0 Å². The number of hydrogen-bond acceptors (Lipinski definition) is 5. The van der Waals surface area contributed by atoms with Gasteiger partial charge in [0, 0.05) is 25.1 Å². The van der Waals surface area contributed by atoms with Crippen molar-refractivity contribution in [2.24, 2.45) is 4.99 Å². The van der Waals surface area contributed by atoms with E-state index in [-0.39, 0.29) is 5.69 Å². The number of non-ortho nitro benzene ring substituents is 1. The Bertz CT molecular complexity index is 459. The summed E-state index contributed by atoms with van der Waals surface area (Å²) < 4.78 is 0. The Labute approximate surface area is 105 Å². The van der Waals surface area contributed by atoms with Crippen molar-refractivity contribution in [3.8, 4) is 0 Å². The molecule has 0 saturated heterocycles. The molecule has 18 heavy (non-hydrogen) atoms. The lowest BCUT2D eigenvalue weighted by Gasteiger charge is -2.10. The van der Waals surface area contributed by atoms with E-state index in [1.165, 1.54) is 18.6 Å². The van der Waals surface area contributed by atoms with E-state index in [0.29, 0.717) is 5.69 Å². The van der Waals surface area contributed by atoms with Crippen molar-refractivity contribution in [1.29, 1.82) is 0 Å². The number of rotatable bonds is 3. The summed E-state index contributed by atoms with van der Waals surface area (Å²) in [6.45, 7) is 0.846. The Morgan fingerprint density at radius 2 is 2.11 bits per heavy atom. The van der Waals surface area contributed by atoms with Crippen molar-refractivity contribution in [2.75, 3.05) is 12.0 Å². The third kappa shape index (κ3) is 3.44. The van der Waals surface area contributed by atoms with Gasteiger partial charge in [-0.3, -0.25) is 26.0 Å². The molecule has 6 nitrogen and oxygen atoms in total. The Morgan fingerprint density at radius 1 is 1.22 bits per heavy atom. The van der Waals surface area contributed by atoms with Crippen molar-refractivity contribution in [2.45, 2.75) is 25.7 Å². The van der Waals surface area contributed by atoms with E-state index in [1.807, 2.05) is 0 Å². The fourth-order valence-corrected chi connectivity index (χ4v) is 1.82. The fraction of sp³-hybridized carbons (Fsp3) is 0.417. The Hall–Kier alpha value is -2.11. The SMILES string of the molecule is O=[N+]([O-])c1cccc(NNC2=NCCCCC2)c1. The molecule has 1 heterocycles. The summed E-state index contributed by atoms with van der Waals surface area (Å²) in [7, 11) is 0. The van der Waals surface area contributed by atoms with Crippen molar-refractivity contribution < 1.29 is 4.92 Å². The molecular weight excluding hydrogens is 232 g/mol. The van der Waals surface area contributed by atoms with Crippen molar-refractivity contribution in [1.82, 2.24) is 5.43 Å². The molecule has 0 unspecified atom stereocenters. The fourth-order valence-electron chi connectivity index (χ4n) is 1.82.